The lowest BCUT2D eigenvalue weighted by Crippen LogP contribution is -2.41. The Labute approximate surface area is 332 Å². The van der Waals surface area contributed by atoms with E-state index in [0.29, 0.717) is 91.1 Å². The van der Waals surface area contributed by atoms with Crippen molar-refractivity contribution in [2.75, 3.05) is 64.1 Å². The largest absolute Gasteiger partial charge is 0.375 e. The first kappa shape index (κ1) is 52.7. The van der Waals surface area contributed by atoms with Gasteiger partial charge in [-0.1, -0.05) is 13.2 Å². The number of rotatable bonds is 32. The molecule has 55 heavy (non-hydrogen) atoms. The van der Waals surface area contributed by atoms with Crippen molar-refractivity contribution in [2.24, 2.45) is 0 Å². The lowest BCUT2D eigenvalue weighted by molar-refractivity contribution is -0.0720. The van der Waals surface area contributed by atoms with Gasteiger partial charge in [-0.3, -0.25) is 0 Å². The van der Waals surface area contributed by atoms with Crippen molar-refractivity contribution in [2.45, 2.75) is 142 Å². The van der Waals surface area contributed by atoms with Crippen LogP contribution in [0.4, 0.5) is 9.59 Å². The first-order valence-corrected chi connectivity index (χ1v) is 22.6. The molecule has 0 aromatic carbocycles. The van der Waals surface area contributed by atoms with Crippen LogP contribution in [0, 0.1) is 0 Å². The molecule has 0 saturated heterocycles. The minimum absolute atomic E-state index is 0.0207. The molecule has 324 valence electrons. The number of urea groups is 2. The van der Waals surface area contributed by atoms with Gasteiger partial charge >= 0.3 is 12.1 Å². The average molecular weight is 827 g/mol. The Balaban J connectivity index is 4.32. The Bertz CT molecular complexity index is 1270. The molecule has 0 spiro atoms. The first-order chi connectivity index (χ1) is 25.2. The second-order valence-corrected chi connectivity index (χ2v) is 20.4. The van der Waals surface area contributed by atoms with E-state index in [-0.39, 0.29) is 35.8 Å². The van der Waals surface area contributed by atoms with Gasteiger partial charge in [-0.15, -0.1) is 0 Å². The fourth-order valence-corrected chi connectivity index (χ4v) is 6.73. The number of nitrogens with one attached hydrogen (secondary N) is 4. The minimum Gasteiger partial charge on any atom is -0.375 e. The normalized spacial score (nSPS) is 13.2. The molecule has 0 aliphatic rings. The smallest absolute Gasteiger partial charge is 0.314 e. The highest BCUT2D eigenvalue weighted by atomic mass is 32.2. The van der Waals surface area contributed by atoms with Crippen molar-refractivity contribution < 1.29 is 50.1 Å². The minimum atomic E-state index is -3.28. The molecular weight excluding hydrogens is 753 g/mol. The SMILES string of the molecule is C=CS(=O)(=O)CCC(C)(C)OCCC(C)(C)OCCNC(=O)NCCC(CCNC(=O)NCCOC(C)(C)CCOC(C)(C)CCS(=O)(=O)C=C)OC(C)C. The van der Waals surface area contributed by atoms with Gasteiger partial charge in [0, 0.05) is 37.0 Å². The Morgan fingerprint density at radius 1 is 0.545 bits per heavy atom. The van der Waals surface area contributed by atoms with E-state index in [2.05, 4.69) is 34.4 Å². The third-order valence-corrected chi connectivity index (χ3v) is 11.2. The summed E-state index contributed by atoms with van der Waals surface area (Å²) in [5.74, 6) is -0.0415. The van der Waals surface area contributed by atoms with E-state index in [4.69, 9.17) is 23.7 Å². The number of carbonyl (C=O) groups excluding carboxylic acids is 2. The van der Waals surface area contributed by atoms with Crippen molar-refractivity contribution >= 4 is 31.7 Å². The number of carbonyl (C=O) groups is 2. The third kappa shape index (κ3) is 29.6. The van der Waals surface area contributed by atoms with E-state index in [1.54, 1.807) is 0 Å². The maximum absolute atomic E-state index is 12.4. The third-order valence-electron chi connectivity index (χ3n) is 8.61. The molecule has 0 rings (SSSR count). The van der Waals surface area contributed by atoms with E-state index in [9.17, 15) is 26.4 Å². The molecule has 0 bridgehead atoms. The summed E-state index contributed by atoms with van der Waals surface area (Å²) in [7, 11) is -6.57. The molecule has 4 amide bonds. The highest BCUT2D eigenvalue weighted by molar-refractivity contribution is 7.94. The van der Waals surface area contributed by atoms with Crippen LogP contribution in [0.3, 0.4) is 0 Å². The first-order valence-electron chi connectivity index (χ1n) is 19.2. The molecule has 0 saturated carbocycles. The number of sulfone groups is 2. The van der Waals surface area contributed by atoms with E-state index in [0.717, 1.165) is 10.8 Å². The molecule has 0 atom stereocenters. The van der Waals surface area contributed by atoms with Crippen LogP contribution in [-0.2, 0) is 43.4 Å². The van der Waals surface area contributed by atoms with Crippen molar-refractivity contribution in [1.29, 1.82) is 0 Å². The van der Waals surface area contributed by atoms with Crippen LogP contribution in [0.1, 0.15) is 108 Å². The van der Waals surface area contributed by atoms with Crippen molar-refractivity contribution in [3.8, 4) is 0 Å². The zero-order valence-corrected chi connectivity index (χ0v) is 37.0. The zero-order valence-electron chi connectivity index (χ0n) is 35.3. The summed E-state index contributed by atoms with van der Waals surface area (Å²) >= 11 is 0. The summed E-state index contributed by atoms with van der Waals surface area (Å²) in [4.78, 5) is 24.7. The van der Waals surface area contributed by atoms with E-state index >= 15 is 0 Å². The van der Waals surface area contributed by atoms with E-state index in [1.807, 2.05) is 69.2 Å². The predicted octanol–water partition coefficient (Wildman–Crippen LogP) is 5.02. The lowest BCUT2D eigenvalue weighted by Gasteiger charge is -2.29. The van der Waals surface area contributed by atoms with Crippen LogP contribution in [0.5, 0.6) is 0 Å². The second kappa shape index (κ2) is 25.2. The van der Waals surface area contributed by atoms with Gasteiger partial charge in [0.2, 0.25) is 0 Å². The maximum Gasteiger partial charge on any atom is 0.314 e. The summed E-state index contributed by atoms with van der Waals surface area (Å²) in [5, 5.41) is 13.2. The molecule has 17 heteroatoms. The topological polar surface area (TPSA) is 197 Å². The molecule has 0 aliphatic carbocycles. The summed E-state index contributed by atoms with van der Waals surface area (Å²) in [6, 6.07) is -0.638. The molecule has 0 fully saturated rings. The lowest BCUT2D eigenvalue weighted by atomic mass is 10.0. The molecule has 0 unspecified atom stereocenters. The molecule has 0 aliphatic heterocycles. The monoisotopic (exact) mass is 826 g/mol. The van der Waals surface area contributed by atoms with Crippen molar-refractivity contribution in [3.63, 3.8) is 0 Å². The van der Waals surface area contributed by atoms with Crippen LogP contribution in [0.2, 0.25) is 0 Å². The van der Waals surface area contributed by atoms with Crippen molar-refractivity contribution in [3.05, 3.63) is 24.0 Å². The van der Waals surface area contributed by atoms with Gasteiger partial charge in [-0.25, -0.2) is 26.4 Å². The van der Waals surface area contributed by atoms with Crippen LogP contribution in [-0.4, -0.2) is 128 Å². The summed E-state index contributed by atoms with van der Waals surface area (Å²) in [6.07, 6.45) is 2.81. The molecule has 15 nitrogen and oxygen atoms in total. The van der Waals surface area contributed by atoms with Gasteiger partial charge in [0.1, 0.15) is 0 Å². The summed E-state index contributed by atoms with van der Waals surface area (Å²) in [6.45, 7) is 28.5. The van der Waals surface area contributed by atoms with E-state index < -0.39 is 42.1 Å². The molecule has 0 heterocycles. The quantitative estimate of drug-likeness (QED) is 0.0666. The Morgan fingerprint density at radius 3 is 1.18 bits per heavy atom. The van der Waals surface area contributed by atoms with Crippen LogP contribution in [0.25, 0.3) is 0 Å². The highest BCUT2D eigenvalue weighted by Crippen LogP contribution is 2.22. The van der Waals surface area contributed by atoms with E-state index in [1.165, 1.54) is 0 Å². The van der Waals surface area contributed by atoms with Gasteiger partial charge in [-0.2, -0.15) is 0 Å². The number of ether oxygens (including phenoxy) is 5. The summed E-state index contributed by atoms with van der Waals surface area (Å²) < 4.78 is 76.6. The number of amides is 4. The Hall–Kier alpha value is -2.28. The molecule has 0 aromatic heterocycles. The highest BCUT2D eigenvalue weighted by Gasteiger charge is 2.26. The van der Waals surface area contributed by atoms with Gasteiger partial charge in [0.25, 0.3) is 0 Å². The molecule has 4 N–H and O–H groups in total. The van der Waals surface area contributed by atoms with Gasteiger partial charge in [0.05, 0.1) is 72.5 Å². The Morgan fingerprint density at radius 2 is 0.855 bits per heavy atom. The number of hydrogen-bond acceptors (Lipinski definition) is 11. The van der Waals surface area contributed by atoms with Gasteiger partial charge in [0.15, 0.2) is 19.7 Å². The van der Waals surface area contributed by atoms with Crippen molar-refractivity contribution in [1.82, 2.24) is 21.3 Å². The second-order valence-electron chi connectivity index (χ2n) is 16.2. The number of hydrogen-bond donors (Lipinski definition) is 4. The molecule has 0 aromatic rings. The molecular formula is C38H74N4O11S2. The zero-order chi connectivity index (χ0) is 42.4. The summed E-state index contributed by atoms with van der Waals surface area (Å²) in [5.41, 5.74) is -2.22. The Kier molecular flexibility index (Phi) is 24.1. The predicted molar refractivity (Wildman–Crippen MR) is 219 cm³/mol. The van der Waals surface area contributed by atoms with Crippen LogP contribution >= 0.6 is 0 Å². The molecule has 0 radical (unpaired) electrons. The fraction of sp³-hybridized carbons (Fsp3) is 0.842. The fourth-order valence-electron chi connectivity index (χ4n) is 4.85. The standard InChI is InChI=1S/C38H74N4O11S2/c1-13-54(45,46)29-19-37(9,10)49-25-17-35(5,6)51-27-23-41-33(43)39-21-15-32(53-31(3)4)16-22-40-34(44)42-24-28-52-36(7,8)18-26-50-38(11,12)20-30-55(47,48)14-2/h13-14,31-32H,1-2,15-30H2,3-12H3,(H2,39,41,43)(H2,40,42,44). The van der Waals surface area contributed by atoms with Crippen LogP contribution in [0.15, 0.2) is 24.0 Å². The van der Waals surface area contributed by atoms with Gasteiger partial charge in [-0.05, 0) is 108 Å². The maximum atomic E-state index is 12.4. The van der Waals surface area contributed by atoms with Crippen LogP contribution < -0.4 is 21.3 Å². The van der Waals surface area contributed by atoms with Gasteiger partial charge < -0.3 is 45.0 Å². The average Bonchev–Trinajstić information content (AvgIpc) is 3.06.